The van der Waals surface area contributed by atoms with Gasteiger partial charge in [-0.15, -0.1) is 0 Å². The van der Waals surface area contributed by atoms with Crippen LogP contribution in [0.25, 0.3) is 0 Å². The number of methoxy groups -OCH3 is 1. The Labute approximate surface area is 162 Å². The van der Waals surface area contributed by atoms with E-state index in [1.165, 1.54) is 19.5 Å². The van der Waals surface area contributed by atoms with Gasteiger partial charge in [-0.3, -0.25) is 4.79 Å². The number of nitrogens with zero attached hydrogens (tertiary/aromatic N) is 2. The van der Waals surface area contributed by atoms with Gasteiger partial charge in [-0.05, 0) is 49.2 Å². The smallest absolute Gasteiger partial charge is 0.337 e. The molecule has 3 aromatic rings. The van der Waals surface area contributed by atoms with Crippen LogP contribution < -0.4 is 10.6 Å². The molecule has 0 unspecified atom stereocenters. The fraction of sp³-hybridized carbons (Fsp3) is 0.143. The first kappa shape index (κ1) is 19.0. The first-order valence-electron chi connectivity index (χ1n) is 8.63. The van der Waals surface area contributed by atoms with Gasteiger partial charge in [0.15, 0.2) is 0 Å². The van der Waals surface area contributed by atoms with Crippen molar-refractivity contribution >= 4 is 29.1 Å². The van der Waals surface area contributed by atoms with Crippen molar-refractivity contribution < 1.29 is 14.3 Å². The number of carbonyl (C=O) groups is 2. The predicted molar refractivity (Wildman–Crippen MR) is 107 cm³/mol. The number of hydrogen-bond donors (Lipinski definition) is 2. The molecule has 0 aliphatic heterocycles. The Morgan fingerprint density at radius 2 is 1.61 bits per heavy atom. The fourth-order valence-corrected chi connectivity index (χ4v) is 2.65. The van der Waals surface area contributed by atoms with Gasteiger partial charge < -0.3 is 15.4 Å². The Kier molecular flexibility index (Phi) is 5.64. The van der Waals surface area contributed by atoms with Crippen LogP contribution in [0, 0.1) is 13.8 Å². The average Bonchev–Trinajstić information content (AvgIpc) is 2.71. The number of amides is 1. The van der Waals surface area contributed by atoms with Crippen molar-refractivity contribution in [2.45, 2.75) is 13.8 Å². The van der Waals surface area contributed by atoms with Gasteiger partial charge in [0.2, 0.25) is 0 Å². The highest BCUT2D eigenvalue weighted by atomic mass is 16.5. The van der Waals surface area contributed by atoms with E-state index in [2.05, 4.69) is 25.3 Å². The third kappa shape index (κ3) is 4.32. The first-order valence-corrected chi connectivity index (χ1v) is 8.63. The maximum atomic E-state index is 12.4. The van der Waals surface area contributed by atoms with Crippen LogP contribution in [0.5, 0.6) is 0 Å². The summed E-state index contributed by atoms with van der Waals surface area (Å²) in [5, 5.41) is 5.95. The number of para-hydroxylation sites is 1. The van der Waals surface area contributed by atoms with Crippen LogP contribution in [-0.2, 0) is 4.74 Å². The minimum atomic E-state index is -0.398. The molecule has 2 N–H and O–H groups in total. The lowest BCUT2D eigenvalue weighted by Gasteiger charge is -2.11. The lowest BCUT2D eigenvalue weighted by atomic mass is 10.1. The summed E-state index contributed by atoms with van der Waals surface area (Å²) in [4.78, 5) is 32.3. The van der Waals surface area contributed by atoms with Crippen molar-refractivity contribution in [3.8, 4) is 0 Å². The molecule has 0 saturated heterocycles. The van der Waals surface area contributed by atoms with Crippen LogP contribution in [-0.4, -0.2) is 29.0 Å². The minimum Gasteiger partial charge on any atom is -0.465 e. The topological polar surface area (TPSA) is 93.2 Å². The van der Waals surface area contributed by atoms with E-state index in [1.54, 1.807) is 24.3 Å². The summed E-state index contributed by atoms with van der Waals surface area (Å²) in [7, 11) is 1.34. The molecule has 0 fully saturated rings. The molecule has 1 amide bonds. The van der Waals surface area contributed by atoms with E-state index in [4.69, 9.17) is 0 Å². The second kappa shape index (κ2) is 8.30. The van der Waals surface area contributed by atoms with Crippen molar-refractivity contribution in [3.63, 3.8) is 0 Å². The number of aromatic nitrogens is 2. The number of hydrogen-bond acceptors (Lipinski definition) is 6. The van der Waals surface area contributed by atoms with Crippen molar-refractivity contribution in [2.24, 2.45) is 0 Å². The second-order valence-corrected chi connectivity index (χ2v) is 6.20. The number of esters is 1. The van der Waals surface area contributed by atoms with E-state index in [0.717, 1.165) is 22.5 Å². The van der Waals surface area contributed by atoms with E-state index in [0.29, 0.717) is 11.4 Å². The van der Waals surface area contributed by atoms with Gasteiger partial charge in [-0.25, -0.2) is 14.8 Å². The Hall–Kier alpha value is -3.74. The number of rotatable bonds is 5. The molecule has 1 heterocycles. The van der Waals surface area contributed by atoms with Crippen LogP contribution in [0.2, 0.25) is 0 Å². The molecule has 3 rings (SSSR count). The quantitative estimate of drug-likeness (QED) is 0.657. The Bertz CT molecular complexity index is 979. The number of aryl methyl sites for hydroxylation is 2. The number of nitrogens with one attached hydrogen (secondary N) is 2. The van der Waals surface area contributed by atoms with Crippen molar-refractivity contribution in [1.82, 2.24) is 9.97 Å². The highest BCUT2D eigenvalue weighted by molar-refractivity contribution is 6.03. The molecule has 7 nitrogen and oxygen atoms in total. The molecule has 0 aliphatic rings. The maximum Gasteiger partial charge on any atom is 0.337 e. The van der Waals surface area contributed by atoms with E-state index in [1.807, 2.05) is 32.0 Å². The van der Waals surface area contributed by atoms with E-state index >= 15 is 0 Å². The van der Waals surface area contributed by atoms with Gasteiger partial charge in [0.05, 0.1) is 25.1 Å². The zero-order chi connectivity index (χ0) is 20.1. The zero-order valence-electron chi connectivity index (χ0n) is 15.8. The minimum absolute atomic E-state index is 0.217. The van der Waals surface area contributed by atoms with Gasteiger partial charge in [-0.2, -0.15) is 0 Å². The molecule has 0 saturated carbocycles. The van der Waals surface area contributed by atoms with Gasteiger partial charge in [0, 0.05) is 11.4 Å². The number of ether oxygens (including phenoxy) is 1. The van der Waals surface area contributed by atoms with Gasteiger partial charge in [0.1, 0.15) is 11.5 Å². The summed E-state index contributed by atoms with van der Waals surface area (Å²) < 4.78 is 4.67. The molecule has 142 valence electrons. The third-order valence-electron chi connectivity index (χ3n) is 4.18. The van der Waals surface area contributed by atoms with Gasteiger partial charge in [-0.1, -0.05) is 18.2 Å². The van der Waals surface area contributed by atoms with Crippen molar-refractivity contribution in [3.05, 3.63) is 77.2 Å². The molecule has 0 bridgehead atoms. The summed E-state index contributed by atoms with van der Waals surface area (Å²) in [6, 6.07) is 12.6. The summed E-state index contributed by atoms with van der Waals surface area (Å²) in [5.74, 6) is -0.237. The summed E-state index contributed by atoms with van der Waals surface area (Å²) in [6.45, 7) is 3.87. The molecule has 0 spiro atoms. The van der Waals surface area contributed by atoms with Crippen LogP contribution in [0.3, 0.4) is 0 Å². The predicted octanol–water partition coefficient (Wildman–Crippen LogP) is 3.88. The third-order valence-corrected chi connectivity index (χ3v) is 4.18. The molecule has 0 aliphatic carbocycles. The summed E-state index contributed by atoms with van der Waals surface area (Å²) in [6.07, 6.45) is 2.89. The lowest BCUT2D eigenvalue weighted by Crippen LogP contribution is -2.15. The van der Waals surface area contributed by atoms with E-state index < -0.39 is 5.97 Å². The van der Waals surface area contributed by atoms with Gasteiger partial charge >= 0.3 is 5.97 Å². The molecule has 0 atom stereocenters. The first-order chi connectivity index (χ1) is 13.5. The molecular formula is C21H20N4O3. The largest absolute Gasteiger partial charge is 0.465 e. The van der Waals surface area contributed by atoms with E-state index in [-0.39, 0.29) is 11.6 Å². The number of benzene rings is 2. The van der Waals surface area contributed by atoms with Crippen molar-refractivity contribution in [1.29, 1.82) is 0 Å². The maximum absolute atomic E-state index is 12.4. The highest BCUT2D eigenvalue weighted by Crippen LogP contribution is 2.20. The molecule has 7 heteroatoms. The SMILES string of the molecule is COC(=O)c1ccc(Nc2cnc(C(=O)Nc3c(C)cccc3C)cn2)cc1. The standard InChI is InChI=1S/C21H20N4O3/c1-13-5-4-6-14(2)19(13)25-20(26)17-11-23-18(12-22-17)24-16-9-7-15(8-10-16)21(27)28-3/h4-12H,1-3H3,(H,23,24)(H,25,26). The van der Waals surface area contributed by atoms with Crippen LogP contribution in [0.1, 0.15) is 32.0 Å². The van der Waals surface area contributed by atoms with Gasteiger partial charge in [0.25, 0.3) is 5.91 Å². The molecule has 0 radical (unpaired) electrons. The van der Waals surface area contributed by atoms with Crippen LogP contribution >= 0.6 is 0 Å². The average molecular weight is 376 g/mol. The lowest BCUT2D eigenvalue weighted by molar-refractivity contribution is 0.0600. The molecule has 1 aromatic heterocycles. The summed E-state index contributed by atoms with van der Waals surface area (Å²) in [5.41, 5.74) is 4.15. The normalized spacial score (nSPS) is 10.2. The summed E-state index contributed by atoms with van der Waals surface area (Å²) >= 11 is 0. The fourth-order valence-electron chi connectivity index (χ4n) is 2.65. The monoisotopic (exact) mass is 376 g/mol. The molecular weight excluding hydrogens is 356 g/mol. The zero-order valence-corrected chi connectivity index (χ0v) is 15.8. The Morgan fingerprint density at radius 3 is 2.18 bits per heavy atom. The second-order valence-electron chi connectivity index (χ2n) is 6.20. The van der Waals surface area contributed by atoms with E-state index in [9.17, 15) is 9.59 Å². The van der Waals surface area contributed by atoms with Crippen molar-refractivity contribution in [2.75, 3.05) is 17.7 Å². The van der Waals surface area contributed by atoms with Crippen LogP contribution in [0.4, 0.5) is 17.2 Å². The highest BCUT2D eigenvalue weighted by Gasteiger charge is 2.12. The van der Waals surface area contributed by atoms with Crippen LogP contribution in [0.15, 0.2) is 54.9 Å². The molecule has 2 aromatic carbocycles. The Balaban J connectivity index is 1.68. The number of anilines is 3. The molecule has 28 heavy (non-hydrogen) atoms. The number of carbonyl (C=O) groups excluding carboxylic acids is 2. The Morgan fingerprint density at radius 1 is 0.929 bits per heavy atom.